The molecule has 2 aromatic rings. The minimum absolute atomic E-state index is 0.301. The predicted molar refractivity (Wildman–Crippen MR) is 62.4 cm³/mol. The highest BCUT2D eigenvalue weighted by Crippen LogP contribution is 2.24. The summed E-state index contributed by atoms with van der Waals surface area (Å²) in [6.45, 7) is 1.95. The van der Waals surface area contributed by atoms with E-state index in [0.717, 1.165) is 5.56 Å². The Kier molecular flexibility index (Phi) is 2.55. The first-order valence-electron chi connectivity index (χ1n) is 4.63. The van der Waals surface area contributed by atoms with E-state index in [9.17, 15) is 0 Å². The molecule has 1 aromatic heterocycles. The number of halogens is 1. The normalized spacial score (nSPS) is 10.1. The third-order valence-corrected chi connectivity index (χ3v) is 2.58. The SMILES string of the molecule is Cc1ccc(Cl)c(-n2ncc(C#N)c2N)c1. The van der Waals surface area contributed by atoms with Gasteiger partial charge in [0.05, 0.1) is 16.9 Å². The van der Waals surface area contributed by atoms with Crippen LogP contribution < -0.4 is 5.73 Å². The minimum atomic E-state index is 0.301. The number of nitriles is 1. The van der Waals surface area contributed by atoms with Gasteiger partial charge in [0.2, 0.25) is 0 Å². The van der Waals surface area contributed by atoms with E-state index in [1.165, 1.54) is 10.9 Å². The molecule has 16 heavy (non-hydrogen) atoms. The molecule has 0 aliphatic heterocycles. The lowest BCUT2D eigenvalue weighted by Gasteiger charge is -2.07. The summed E-state index contributed by atoms with van der Waals surface area (Å²) >= 11 is 6.06. The number of rotatable bonds is 1. The van der Waals surface area contributed by atoms with Crippen LogP contribution in [0.3, 0.4) is 0 Å². The zero-order chi connectivity index (χ0) is 11.7. The number of nitrogens with zero attached hydrogens (tertiary/aromatic N) is 3. The Morgan fingerprint density at radius 1 is 1.50 bits per heavy atom. The molecule has 0 amide bonds. The molecule has 0 radical (unpaired) electrons. The summed E-state index contributed by atoms with van der Waals surface area (Å²) < 4.78 is 1.47. The molecule has 5 heteroatoms. The highest BCUT2D eigenvalue weighted by atomic mass is 35.5. The molecule has 0 atom stereocenters. The van der Waals surface area contributed by atoms with Gasteiger partial charge in [0.1, 0.15) is 17.5 Å². The van der Waals surface area contributed by atoms with Crippen LogP contribution in [0, 0.1) is 18.3 Å². The van der Waals surface area contributed by atoms with E-state index in [4.69, 9.17) is 22.6 Å². The average Bonchev–Trinajstić information content (AvgIpc) is 2.63. The maximum absolute atomic E-state index is 8.79. The minimum Gasteiger partial charge on any atom is -0.382 e. The third-order valence-electron chi connectivity index (χ3n) is 2.26. The Morgan fingerprint density at radius 3 is 2.88 bits per heavy atom. The van der Waals surface area contributed by atoms with Crippen molar-refractivity contribution in [1.82, 2.24) is 9.78 Å². The van der Waals surface area contributed by atoms with Crippen LogP contribution in [-0.4, -0.2) is 9.78 Å². The summed E-state index contributed by atoms with van der Waals surface area (Å²) in [5, 5.41) is 13.4. The molecule has 0 aliphatic rings. The Balaban J connectivity index is 2.64. The topological polar surface area (TPSA) is 67.6 Å². The van der Waals surface area contributed by atoms with Crippen molar-refractivity contribution < 1.29 is 0 Å². The van der Waals surface area contributed by atoms with Crippen LogP contribution in [0.2, 0.25) is 5.02 Å². The van der Waals surface area contributed by atoms with Crippen molar-refractivity contribution in [2.45, 2.75) is 6.92 Å². The smallest absolute Gasteiger partial charge is 0.145 e. The third kappa shape index (κ3) is 1.62. The fraction of sp³-hybridized carbons (Fsp3) is 0.0909. The van der Waals surface area contributed by atoms with Crippen molar-refractivity contribution in [3.63, 3.8) is 0 Å². The van der Waals surface area contributed by atoms with Gasteiger partial charge in [-0.15, -0.1) is 0 Å². The van der Waals surface area contributed by atoms with Crippen LogP contribution in [0.25, 0.3) is 5.69 Å². The molecule has 1 aromatic carbocycles. The van der Waals surface area contributed by atoms with Gasteiger partial charge >= 0.3 is 0 Å². The fourth-order valence-corrected chi connectivity index (χ4v) is 1.62. The van der Waals surface area contributed by atoms with E-state index in [-0.39, 0.29) is 0 Å². The molecule has 0 saturated heterocycles. The molecule has 0 saturated carbocycles. The molecule has 1 heterocycles. The van der Waals surface area contributed by atoms with E-state index in [0.29, 0.717) is 22.1 Å². The van der Waals surface area contributed by atoms with Crippen molar-refractivity contribution in [3.8, 4) is 11.8 Å². The Bertz CT molecular complexity index is 580. The molecule has 0 aliphatic carbocycles. The van der Waals surface area contributed by atoms with Crippen molar-refractivity contribution >= 4 is 17.4 Å². The van der Waals surface area contributed by atoms with E-state index in [2.05, 4.69) is 5.10 Å². The van der Waals surface area contributed by atoms with Crippen LogP contribution in [-0.2, 0) is 0 Å². The second kappa shape index (κ2) is 3.87. The number of aryl methyl sites for hydroxylation is 1. The van der Waals surface area contributed by atoms with Crippen LogP contribution in [0.1, 0.15) is 11.1 Å². The lowest BCUT2D eigenvalue weighted by atomic mass is 10.2. The number of benzene rings is 1. The van der Waals surface area contributed by atoms with E-state index in [1.807, 2.05) is 25.1 Å². The zero-order valence-electron chi connectivity index (χ0n) is 8.61. The van der Waals surface area contributed by atoms with E-state index in [1.54, 1.807) is 6.07 Å². The molecule has 4 nitrogen and oxygen atoms in total. The molecule has 0 fully saturated rings. The highest BCUT2D eigenvalue weighted by molar-refractivity contribution is 6.32. The van der Waals surface area contributed by atoms with Gasteiger partial charge in [0.15, 0.2) is 0 Å². The maximum Gasteiger partial charge on any atom is 0.145 e. The summed E-state index contributed by atoms with van der Waals surface area (Å²) in [5.41, 5.74) is 7.86. The largest absolute Gasteiger partial charge is 0.382 e. The molecular formula is C11H9ClN4. The van der Waals surface area contributed by atoms with Crippen molar-refractivity contribution in [2.75, 3.05) is 5.73 Å². The predicted octanol–water partition coefficient (Wildman–Crippen LogP) is 2.29. The second-order valence-corrected chi connectivity index (χ2v) is 3.83. The lowest BCUT2D eigenvalue weighted by Crippen LogP contribution is -2.03. The van der Waals surface area contributed by atoms with Crippen LogP contribution in [0.5, 0.6) is 0 Å². The fourth-order valence-electron chi connectivity index (χ4n) is 1.42. The summed E-state index contributed by atoms with van der Waals surface area (Å²) in [6.07, 6.45) is 1.42. The van der Waals surface area contributed by atoms with Crippen molar-refractivity contribution in [1.29, 1.82) is 5.26 Å². The Labute approximate surface area is 97.9 Å². The molecule has 0 unspecified atom stereocenters. The number of nitrogen functional groups attached to an aromatic ring is 1. The van der Waals surface area contributed by atoms with Gasteiger partial charge in [0.25, 0.3) is 0 Å². The van der Waals surface area contributed by atoms with Crippen LogP contribution >= 0.6 is 11.6 Å². The average molecular weight is 233 g/mol. The molecule has 0 bridgehead atoms. The molecule has 0 spiro atoms. The number of aromatic nitrogens is 2. The first-order chi connectivity index (χ1) is 7.63. The quantitative estimate of drug-likeness (QED) is 0.820. The lowest BCUT2D eigenvalue weighted by molar-refractivity contribution is 0.890. The zero-order valence-corrected chi connectivity index (χ0v) is 9.36. The summed E-state index contributed by atoms with van der Waals surface area (Å²) in [6, 6.07) is 7.51. The molecule has 2 N–H and O–H groups in total. The van der Waals surface area contributed by atoms with Crippen molar-refractivity contribution in [3.05, 3.63) is 40.5 Å². The van der Waals surface area contributed by atoms with Gasteiger partial charge in [-0.2, -0.15) is 10.4 Å². The standard InChI is InChI=1S/C11H9ClN4/c1-7-2-3-9(12)10(4-7)16-11(14)8(5-13)6-15-16/h2-4,6H,14H2,1H3. The second-order valence-electron chi connectivity index (χ2n) is 3.42. The summed E-state index contributed by atoms with van der Waals surface area (Å²) in [7, 11) is 0. The molecule has 80 valence electrons. The Hall–Kier alpha value is -1.99. The van der Waals surface area contributed by atoms with E-state index < -0.39 is 0 Å². The van der Waals surface area contributed by atoms with Crippen LogP contribution in [0.4, 0.5) is 5.82 Å². The molecule has 2 rings (SSSR count). The summed E-state index contributed by atoms with van der Waals surface area (Å²) in [4.78, 5) is 0. The Morgan fingerprint density at radius 2 is 2.25 bits per heavy atom. The van der Waals surface area contributed by atoms with Gasteiger partial charge in [-0.1, -0.05) is 17.7 Å². The van der Waals surface area contributed by atoms with Crippen molar-refractivity contribution in [2.24, 2.45) is 0 Å². The number of hydrogen-bond acceptors (Lipinski definition) is 3. The molecular weight excluding hydrogens is 224 g/mol. The van der Waals surface area contributed by atoms with Gasteiger partial charge < -0.3 is 5.73 Å². The number of hydrogen-bond donors (Lipinski definition) is 1. The first kappa shape index (κ1) is 10.5. The van der Waals surface area contributed by atoms with Gasteiger partial charge in [-0.05, 0) is 24.6 Å². The number of nitrogens with two attached hydrogens (primary N) is 1. The van der Waals surface area contributed by atoms with E-state index >= 15 is 0 Å². The number of anilines is 1. The maximum atomic E-state index is 8.79. The monoisotopic (exact) mass is 232 g/mol. The van der Waals surface area contributed by atoms with Gasteiger partial charge in [-0.25, -0.2) is 4.68 Å². The first-order valence-corrected chi connectivity index (χ1v) is 5.01. The highest BCUT2D eigenvalue weighted by Gasteiger charge is 2.11. The van der Waals surface area contributed by atoms with Gasteiger partial charge in [0, 0.05) is 0 Å². The van der Waals surface area contributed by atoms with Crippen LogP contribution in [0.15, 0.2) is 24.4 Å². The summed E-state index contributed by atoms with van der Waals surface area (Å²) in [5.74, 6) is 0.301. The van der Waals surface area contributed by atoms with Gasteiger partial charge in [-0.3, -0.25) is 0 Å².